The average molecular weight is 1480 g/mol. The van der Waals surface area contributed by atoms with Crippen LogP contribution in [0.15, 0.2) is 106 Å². The van der Waals surface area contributed by atoms with Crippen LogP contribution < -0.4 is 31.1 Å². The Bertz CT molecular complexity index is 2040. The molecule has 3 aromatic carbocycles. The third-order valence-corrected chi connectivity index (χ3v) is 31.7. The predicted octanol–water partition coefficient (Wildman–Crippen LogP) is 15.4. The summed E-state index contributed by atoms with van der Waals surface area (Å²) in [5, 5.41) is 8.51. The van der Waals surface area contributed by atoms with Gasteiger partial charge in [-0.1, -0.05) is 182 Å². The fourth-order valence-corrected chi connectivity index (χ4v) is 23.3. The molecule has 6 bridgehead atoms. The number of hydrogen-bond acceptors (Lipinski definition) is 0. The molecule has 0 N–H and O–H groups in total. The minimum absolute atomic E-state index is 0. The molecule has 6 aliphatic carbocycles. The van der Waals surface area contributed by atoms with Crippen molar-refractivity contribution in [2.75, 3.05) is 0 Å². The second-order valence-corrected chi connectivity index (χ2v) is 49.2. The van der Waals surface area contributed by atoms with Crippen LogP contribution in [0.5, 0.6) is 0 Å². The molecule has 6 fully saturated rings. The monoisotopic (exact) mass is 1470 g/mol. The molecule has 9 heteroatoms. The summed E-state index contributed by atoms with van der Waals surface area (Å²) in [6.07, 6.45) is 60.0. The van der Waals surface area contributed by atoms with E-state index >= 15 is 0 Å². The largest absolute Gasteiger partial charge is 2.00 e. The zero-order chi connectivity index (χ0) is 61.9. The quantitative estimate of drug-likeness (QED) is 0.155. The van der Waals surface area contributed by atoms with Gasteiger partial charge in [0.25, 0.3) is 0 Å². The van der Waals surface area contributed by atoms with Crippen molar-refractivity contribution in [1.29, 1.82) is 0 Å². The van der Waals surface area contributed by atoms with Crippen LogP contribution >= 0.6 is 0 Å². The van der Waals surface area contributed by atoms with E-state index < -0.39 is 48.4 Å². The Balaban J connectivity index is 0.000000911. The van der Waals surface area contributed by atoms with Gasteiger partial charge in [-0.05, 0) is 241 Å². The summed E-state index contributed by atoms with van der Waals surface area (Å²) in [6, 6.07) is 28.5. The Morgan fingerprint density at radius 3 is 0.299 bits per heavy atom. The van der Waals surface area contributed by atoms with E-state index in [9.17, 15) is 0 Å². The van der Waals surface area contributed by atoms with Crippen molar-refractivity contribution in [1.82, 2.24) is 0 Å². The molecule has 444 valence electrons. The average Bonchev–Trinajstić information content (AvgIpc) is 3.14. The molecule has 4 aliphatic heterocycles. The van der Waals surface area contributed by atoms with Crippen molar-refractivity contribution in [3.05, 3.63) is 333 Å². The standard InChI is InChI=1S/C48H66Si6.6C5H5.3Zr/c1-37-31-49(7,8)43-19-21-45(22-20-43)51(11,12)33-39(3)41(5)35-53(15,16)47-27-29-48(30-28-47)54(17,18)36-42(6)40(4)34-52(13,14)46-25-23-44(24-26-46)50(9,10)32-38(37)2;6*1-2-4-5-3-1;;;/h19-30H,1-18H3;6*1-5H;;;/q-6;;;;;;;3*+2. The Morgan fingerprint density at radius 1 is 0.161 bits per heavy atom. The van der Waals surface area contributed by atoms with Gasteiger partial charge in [-0.3, -0.25) is 0 Å². The maximum Gasteiger partial charge on any atom is 2.00 e. The van der Waals surface area contributed by atoms with E-state index in [0.717, 1.165) is 0 Å². The van der Waals surface area contributed by atoms with Crippen LogP contribution in [0.25, 0.3) is 0 Å². The molecular formula is C78H96Si6Zr3. The fraction of sp³-hybridized carbons (Fsp3) is 0.231. The Kier molecular flexibility index (Phi) is 42.2. The molecular weight excluding hydrogens is 1380 g/mol. The van der Waals surface area contributed by atoms with Crippen LogP contribution in [-0.4, -0.2) is 48.4 Å². The second-order valence-electron chi connectivity index (χ2n) is 24.8. The van der Waals surface area contributed by atoms with Crippen molar-refractivity contribution in [2.45, 2.75) is 120 Å². The molecule has 4 heterocycles. The molecule has 6 saturated carbocycles. The van der Waals surface area contributed by atoms with Gasteiger partial charge in [0, 0.05) is 0 Å². The summed E-state index contributed by atoms with van der Waals surface area (Å²) in [4.78, 5) is 0. The van der Waals surface area contributed by atoms with Gasteiger partial charge in [0.1, 0.15) is 0 Å². The fourth-order valence-electron chi connectivity index (χ4n) is 9.64. The van der Waals surface area contributed by atoms with Gasteiger partial charge in [-0.25, -0.2) is 0 Å². The summed E-state index contributed by atoms with van der Waals surface area (Å²) in [5.74, 6) is 0. The molecule has 0 aromatic heterocycles. The van der Waals surface area contributed by atoms with Gasteiger partial charge in [0.15, 0.2) is 0 Å². The number of allylic oxidation sites excluding steroid dienone is 6. The minimum Gasteiger partial charge on any atom is -0.378 e. The first-order valence-electron chi connectivity index (χ1n) is 29.7. The van der Waals surface area contributed by atoms with Crippen LogP contribution in [0.1, 0.15) is 41.5 Å². The van der Waals surface area contributed by atoms with E-state index in [4.69, 9.17) is 0 Å². The first-order chi connectivity index (χ1) is 39.7. The van der Waals surface area contributed by atoms with E-state index in [0.29, 0.717) is 0 Å². The van der Waals surface area contributed by atoms with Crippen molar-refractivity contribution in [3.8, 4) is 0 Å². The third kappa shape index (κ3) is 31.9. The second kappa shape index (κ2) is 43.2. The molecule has 10 aliphatic rings. The van der Waals surface area contributed by atoms with E-state index in [1.54, 1.807) is 0 Å². The Hall–Kier alpha value is 0.0506. The molecule has 0 nitrogen and oxygen atoms in total. The first-order valence-corrected chi connectivity index (χ1v) is 47.7. The van der Waals surface area contributed by atoms with Crippen LogP contribution in [0.4, 0.5) is 0 Å². The number of hydrogen-bond donors (Lipinski definition) is 0. The van der Waals surface area contributed by atoms with Crippen molar-refractivity contribution in [3.63, 3.8) is 0 Å². The van der Waals surface area contributed by atoms with E-state index in [1.807, 2.05) is 193 Å². The molecule has 87 heavy (non-hydrogen) atoms. The molecule has 13 rings (SSSR count). The van der Waals surface area contributed by atoms with Crippen LogP contribution in [0, 0.1) is 227 Å². The molecule has 0 spiro atoms. The molecule has 0 saturated heterocycles. The Labute approximate surface area is 604 Å². The van der Waals surface area contributed by atoms with Crippen molar-refractivity contribution in [2.24, 2.45) is 0 Å². The normalized spacial score (nSPS) is 21.4. The van der Waals surface area contributed by atoms with Crippen molar-refractivity contribution >= 4 is 79.6 Å². The van der Waals surface area contributed by atoms with Gasteiger partial charge < -0.3 is 67.6 Å². The van der Waals surface area contributed by atoms with Crippen LogP contribution in [0.2, 0.25) is 78.6 Å². The SMILES string of the molecule is CC1=[C-][Si](C)(C)c2ccc(cc2)[Si](C)(C)[C-]=C(C)C(C)=[C-][Si](C)(C)c2ccc(cc2)[Si](C)(C)[C-]=C(C)C(C)=[C-][Si](C)(C)c2ccc(cc2)[Si](C)(C)[C-]=C1C.[CH]1[CH][CH][CH][CH]1.[CH]1[CH][CH][CH][CH]1.[CH]1[CH][CH][CH][CH]1.[CH]1[CH][CH][CH][CH]1.[CH]1[CH][CH][CH][CH]1.[CH]1[CH][CH][CH][CH]1.[Zr+2].[Zr+2].[Zr+2]. The number of fused-ring (bicyclic) bond motifs is 3. The topological polar surface area (TPSA) is 0 Å². The molecule has 0 atom stereocenters. The molecule has 3 aromatic rings. The summed E-state index contributed by atoms with van der Waals surface area (Å²) < 4.78 is 0. The maximum absolute atomic E-state index is 4.01. The third-order valence-electron chi connectivity index (χ3n) is 15.0. The molecule has 0 amide bonds. The van der Waals surface area contributed by atoms with E-state index in [1.165, 1.54) is 64.6 Å². The summed E-state index contributed by atoms with van der Waals surface area (Å²) in [6.45, 7) is 42.5. The number of benzene rings is 3. The Morgan fingerprint density at radius 2 is 0.230 bits per heavy atom. The zero-order valence-corrected chi connectivity index (χ0v) is 69.1. The van der Waals surface area contributed by atoms with Gasteiger partial charge in [0.2, 0.25) is 0 Å². The van der Waals surface area contributed by atoms with E-state index in [2.05, 4.69) is 227 Å². The summed E-state index contributed by atoms with van der Waals surface area (Å²) in [7, 11) is -11.8. The molecule has 30 radical (unpaired) electrons. The van der Waals surface area contributed by atoms with E-state index in [-0.39, 0.29) is 78.6 Å². The van der Waals surface area contributed by atoms with Crippen LogP contribution in [-0.2, 0) is 78.6 Å². The molecule has 0 unspecified atom stereocenters. The zero-order valence-electron chi connectivity index (χ0n) is 55.7. The minimum atomic E-state index is -1.97. The van der Waals surface area contributed by atoms with Gasteiger partial charge in [-0.2, -0.15) is 0 Å². The first kappa shape index (κ1) is 85.1. The summed E-state index contributed by atoms with van der Waals surface area (Å²) in [5.41, 5.74) is 31.5. The van der Waals surface area contributed by atoms with Gasteiger partial charge in [-0.15, -0.1) is 41.5 Å². The van der Waals surface area contributed by atoms with Gasteiger partial charge in [0.05, 0.1) is 0 Å². The summed E-state index contributed by atoms with van der Waals surface area (Å²) >= 11 is 0. The maximum atomic E-state index is 4.01. The van der Waals surface area contributed by atoms with Gasteiger partial charge >= 0.3 is 78.6 Å². The predicted molar refractivity (Wildman–Crippen MR) is 386 cm³/mol. The number of rotatable bonds is 0. The smallest absolute Gasteiger partial charge is 0.378 e. The van der Waals surface area contributed by atoms with Crippen molar-refractivity contribution < 1.29 is 78.6 Å². The van der Waals surface area contributed by atoms with Crippen LogP contribution in [0.3, 0.4) is 0 Å².